The molecule has 2 atom stereocenters. The standard InChI is InChI=1S/C16H33NO3Si/c1-12-13(20-21(8,9)16(5,6)7)10-11-17(12)14(18)19-15(2,3)4/h12-13H,10-11H2,1-9H3/t12-,13+/m1/s1. The van der Waals surface area contributed by atoms with Gasteiger partial charge in [-0.3, -0.25) is 0 Å². The maximum atomic E-state index is 12.2. The topological polar surface area (TPSA) is 38.8 Å². The quantitative estimate of drug-likeness (QED) is 0.709. The van der Waals surface area contributed by atoms with Gasteiger partial charge in [-0.15, -0.1) is 0 Å². The molecule has 0 aliphatic carbocycles. The molecule has 0 unspecified atom stereocenters. The molecular weight excluding hydrogens is 282 g/mol. The van der Waals surface area contributed by atoms with E-state index in [1.165, 1.54) is 0 Å². The van der Waals surface area contributed by atoms with Crippen molar-refractivity contribution >= 4 is 14.4 Å². The lowest BCUT2D eigenvalue weighted by Gasteiger charge is -2.39. The third-order valence-corrected chi connectivity index (χ3v) is 9.07. The molecular formula is C16H33NO3Si. The summed E-state index contributed by atoms with van der Waals surface area (Å²) in [4.78, 5) is 14.0. The number of ether oxygens (including phenoxy) is 1. The molecule has 1 aliphatic heterocycles. The first-order chi connectivity index (χ1) is 9.24. The van der Waals surface area contributed by atoms with Crippen molar-refractivity contribution in [1.82, 2.24) is 4.90 Å². The first-order valence-electron chi connectivity index (χ1n) is 7.92. The van der Waals surface area contributed by atoms with E-state index >= 15 is 0 Å². The van der Waals surface area contributed by atoms with Crippen molar-refractivity contribution in [3.63, 3.8) is 0 Å². The number of nitrogens with zero attached hydrogens (tertiary/aromatic N) is 1. The minimum atomic E-state index is -1.80. The molecule has 124 valence electrons. The van der Waals surface area contributed by atoms with Crippen LogP contribution >= 0.6 is 0 Å². The molecule has 0 aromatic rings. The summed E-state index contributed by atoms with van der Waals surface area (Å²) in [6.45, 7) is 19.7. The number of carbonyl (C=O) groups excluding carboxylic acids is 1. The number of rotatable bonds is 2. The van der Waals surface area contributed by atoms with Gasteiger partial charge in [-0.2, -0.15) is 0 Å². The first kappa shape index (κ1) is 18.5. The zero-order valence-electron chi connectivity index (χ0n) is 15.2. The monoisotopic (exact) mass is 315 g/mol. The Balaban J connectivity index is 2.70. The van der Waals surface area contributed by atoms with Crippen LogP contribution in [0.25, 0.3) is 0 Å². The average Bonchev–Trinajstić information content (AvgIpc) is 2.55. The second kappa shape index (κ2) is 5.92. The fourth-order valence-electron chi connectivity index (χ4n) is 2.20. The molecule has 1 aliphatic rings. The van der Waals surface area contributed by atoms with Gasteiger partial charge in [0.1, 0.15) is 5.60 Å². The average molecular weight is 316 g/mol. The van der Waals surface area contributed by atoms with Gasteiger partial charge < -0.3 is 14.1 Å². The lowest BCUT2D eigenvalue weighted by Crippen LogP contribution is -2.48. The van der Waals surface area contributed by atoms with E-state index in [9.17, 15) is 4.79 Å². The van der Waals surface area contributed by atoms with Crippen molar-refractivity contribution in [2.45, 2.75) is 90.8 Å². The maximum absolute atomic E-state index is 12.2. The van der Waals surface area contributed by atoms with Crippen LogP contribution in [-0.4, -0.2) is 43.6 Å². The van der Waals surface area contributed by atoms with Gasteiger partial charge in [0.2, 0.25) is 0 Å². The van der Waals surface area contributed by atoms with Crippen molar-refractivity contribution in [2.24, 2.45) is 0 Å². The van der Waals surface area contributed by atoms with Crippen molar-refractivity contribution in [3.8, 4) is 0 Å². The number of likely N-dealkylation sites (tertiary alicyclic amines) is 1. The molecule has 0 N–H and O–H groups in total. The van der Waals surface area contributed by atoms with Gasteiger partial charge >= 0.3 is 6.09 Å². The molecule has 0 bridgehead atoms. The molecule has 1 amide bonds. The molecule has 1 fully saturated rings. The number of carbonyl (C=O) groups is 1. The highest BCUT2D eigenvalue weighted by Crippen LogP contribution is 2.39. The summed E-state index contributed by atoms with van der Waals surface area (Å²) in [5, 5.41) is 0.187. The van der Waals surface area contributed by atoms with E-state index < -0.39 is 13.9 Å². The summed E-state index contributed by atoms with van der Waals surface area (Å²) in [5.41, 5.74) is -0.449. The molecule has 0 radical (unpaired) electrons. The number of amides is 1. The Kier molecular flexibility index (Phi) is 5.21. The summed E-state index contributed by atoms with van der Waals surface area (Å²) < 4.78 is 12.0. The highest BCUT2D eigenvalue weighted by atomic mass is 28.4. The summed E-state index contributed by atoms with van der Waals surface area (Å²) >= 11 is 0. The lowest BCUT2D eigenvalue weighted by atomic mass is 10.2. The Bertz CT molecular complexity index is 382. The molecule has 4 nitrogen and oxygen atoms in total. The van der Waals surface area contributed by atoms with Crippen LogP contribution < -0.4 is 0 Å². The van der Waals surface area contributed by atoms with Crippen molar-refractivity contribution in [3.05, 3.63) is 0 Å². The second-order valence-electron chi connectivity index (χ2n) is 8.62. The van der Waals surface area contributed by atoms with Crippen molar-refractivity contribution in [1.29, 1.82) is 0 Å². The zero-order chi connectivity index (χ0) is 16.6. The van der Waals surface area contributed by atoms with Crippen LogP contribution in [-0.2, 0) is 9.16 Å². The molecule has 1 rings (SSSR count). The van der Waals surface area contributed by atoms with E-state index in [1.807, 2.05) is 25.7 Å². The van der Waals surface area contributed by atoms with Gasteiger partial charge in [-0.25, -0.2) is 4.79 Å². The number of hydrogen-bond donors (Lipinski definition) is 0. The molecule has 0 aromatic carbocycles. The molecule has 0 saturated carbocycles. The SMILES string of the molecule is C[C@@H]1[C@@H](O[Si](C)(C)C(C)(C)C)CCN1C(=O)OC(C)(C)C. The third-order valence-electron chi connectivity index (χ3n) is 4.56. The molecule has 21 heavy (non-hydrogen) atoms. The highest BCUT2D eigenvalue weighted by Gasteiger charge is 2.44. The normalized spacial score (nSPS) is 24.3. The second-order valence-corrected chi connectivity index (χ2v) is 13.4. The van der Waals surface area contributed by atoms with E-state index in [0.717, 1.165) is 13.0 Å². The molecule has 1 saturated heterocycles. The van der Waals surface area contributed by atoms with Gasteiger partial charge in [0.15, 0.2) is 8.32 Å². The molecule has 0 spiro atoms. The predicted molar refractivity (Wildman–Crippen MR) is 89.1 cm³/mol. The Morgan fingerprint density at radius 2 is 1.67 bits per heavy atom. The molecule has 5 heteroatoms. The van der Waals surface area contributed by atoms with Crippen LogP contribution in [0.15, 0.2) is 0 Å². The van der Waals surface area contributed by atoms with Gasteiger partial charge in [0.05, 0.1) is 12.1 Å². The van der Waals surface area contributed by atoms with Crippen LogP contribution in [0.3, 0.4) is 0 Å². The van der Waals surface area contributed by atoms with Gasteiger partial charge in [-0.1, -0.05) is 20.8 Å². The third kappa shape index (κ3) is 4.71. The molecule has 1 heterocycles. The number of hydrogen-bond acceptors (Lipinski definition) is 3. The summed E-state index contributed by atoms with van der Waals surface area (Å²) in [7, 11) is -1.80. The molecule has 0 aromatic heterocycles. The van der Waals surface area contributed by atoms with Gasteiger partial charge in [-0.05, 0) is 52.2 Å². The Hall–Kier alpha value is -0.553. The van der Waals surface area contributed by atoms with E-state index in [0.29, 0.717) is 0 Å². The smallest absolute Gasteiger partial charge is 0.410 e. The van der Waals surface area contributed by atoms with Crippen molar-refractivity contribution < 1.29 is 14.0 Å². The zero-order valence-corrected chi connectivity index (χ0v) is 16.2. The van der Waals surface area contributed by atoms with E-state index in [2.05, 4.69) is 40.8 Å². The Morgan fingerprint density at radius 1 is 1.14 bits per heavy atom. The van der Waals surface area contributed by atoms with Crippen LogP contribution in [0.1, 0.15) is 54.9 Å². The van der Waals surface area contributed by atoms with E-state index in [1.54, 1.807) is 0 Å². The van der Waals surface area contributed by atoms with Crippen LogP contribution in [0.4, 0.5) is 4.79 Å². The van der Waals surface area contributed by atoms with Crippen molar-refractivity contribution in [2.75, 3.05) is 6.54 Å². The minimum Gasteiger partial charge on any atom is -0.444 e. The van der Waals surface area contributed by atoms with Gasteiger partial charge in [0.25, 0.3) is 0 Å². The van der Waals surface area contributed by atoms with E-state index in [-0.39, 0.29) is 23.3 Å². The fraction of sp³-hybridized carbons (Fsp3) is 0.938. The summed E-state index contributed by atoms with van der Waals surface area (Å²) in [6.07, 6.45) is 0.794. The van der Waals surface area contributed by atoms with Crippen LogP contribution in [0, 0.1) is 0 Å². The largest absolute Gasteiger partial charge is 0.444 e. The van der Waals surface area contributed by atoms with Crippen LogP contribution in [0.2, 0.25) is 18.1 Å². The van der Waals surface area contributed by atoms with E-state index in [4.69, 9.17) is 9.16 Å². The van der Waals surface area contributed by atoms with Gasteiger partial charge in [0, 0.05) is 6.54 Å². The Labute approximate surface area is 131 Å². The fourth-order valence-corrected chi connectivity index (χ4v) is 3.63. The first-order valence-corrected chi connectivity index (χ1v) is 10.8. The van der Waals surface area contributed by atoms with Crippen LogP contribution in [0.5, 0.6) is 0 Å². The highest BCUT2D eigenvalue weighted by molar-refractivity contribution is 6.74. The summed E-state index contributed by atoms with van der Waals surface area (Å²) in [6, 6.07) is 0.0778. The predicted octanol–water partition coefficient (Wildman–Crippen LogP) is 4.41. The lowest BCUT2D eigenvalue weighted by molar-refractivity contribution is 0.0185. The summed E-state index contributed by atoms with van der Waals surface area (Å²) in [5.74, 6) is 0. The minimum absolute atomic E-state index is 0.0778. The Morgan fingerprint density at radius 3 is 2.10 bits per heavy atom. The maximum Gasteiger partial charge on any atom is 0.410 e.